The van der Waals surface area contributed by atoms with Crippen molar-refractivity contribution in [3.63, 3.8) is 0 Å². The lowest BCUT2D eigenvalue weighted by Crippen LogP contribution is -2.24. The maximum absolute atomic E-state index is 5.48. The second kappa shape index (κ2) is 15.1. The number of rotatable bonds is 6. The molecule has 0 saturated carbocycles. The predicted molar refractivity (Wildman–Crippen MR) is 291 cm³/mol. The molecule has 1 aliphatic rings. The molecule has 9 aromatic carbocycles. The van der Waals surface area contributed by atoms with Gasteiger partial charge in [0.15, 0.2) is 0 Å². The van der Waals surface area contributed by atoms with Crippen LogP contribution >= 0.6 is 0 Å². The Balaban J connectivity index is 0.864. The maximum Gasteiger partial charge on any atom is 0.138 e. The van der Waals surface area contributed by atoms with E-state index >= 15 is 0 Å². The first-order chi connectivity index (χ1) is 34.7. The van der Waals surface area contributed by atoms with E-state index in [1.807, 2.05) is 0 Å². The maximum atomic E-state index is 5.48. The molecule has 1 atom stereocenters. The van der Waals surface area contributed by atoms with Crippen LogP contribution in [-0.4, -0.2) is 23.3 Å². The smallest absolute Gasteiger partial charge is 0.138 e. The van der Waals surface area contributed by atoms with Gasteiger partial charge in [0.25, 0.3) is 0 Å². The van der Waals surface area contributed by atoms with Gasteiger partial charge >= 0.3 is 0 Å². The Morgan fingerprint density at radius 2 is 0.871 bits per heavy atom. The van der Waals surface area contributed by atoms with E-state index in [2.05, 4.69) is 266 Å². The van der Waals surface area contributed by atoms with Gasteiger partial charge in [-0.05, 0) is 90.5 Å². The average molecular weight is 895 g/mol. The average Bonchev–Trinajstić information content (AvgIpc) is 4.16. The van der Waals surface area contributed by atoms with Crippen LogP contribution in [0.3, 0.4) is 0 Å². The Hall–Kier alpha value is -9.39. The van der Waals surface area contributed by atoms with Crippen molar-refractivity contribution in [1.82, 2.24) is 28.6 Å². The largest absolute Gasteiger partial charge is 0.361 e. The van der Waals surface area contributed by atoms with Crippen LogP contribution in [0.2, 0.25) is 0 Å². The van der Waals surface area contributed by atoms with Crippen LogP contribution in [0.1, 0.15) is 11.6 Å². The third kappa shape index (κ3) is 5.65. The predicted octanol–water partition coefficient (Wildman–Crippen LogP) is 15.8. The highest BCUT2D eigenvalue weighted by Crippen LogP contribution is 2.43. The minimum atomic E-state index is -0.0646. The van der Waals surface area contributed by atoms with Crippen LogP contribution in [0.25, 0.3) is 121 Å². The number of nitrogens with zero attached hydrogens (tertiary/aromatic N) is 5. The fourth-order valence-electron chi connectivity index (χ4n) is 11.6. The summed E-state index contributed by atoms with van der Waals surface area (Å²) in [7, 11) is 0. The molecule has 6 nitrogen and oxygen atoms in total. The van der Waals surface area contributed by atoms with Gasteiger partial charge in [0.1, 0.15) is 11.6 Å². The number of allylic oxidation sites excluding steroid dienone is 2. The van der Waals surface area contributed by atoms with Gasteiger partial charge < -0.3 is 14.5 Å². The second-order valence-corrected chi connectivity index (χ2v) is 18.4. The molecule has 0 fully saturated rings. The lowest BCUT2D eigenvalue weighted by Gasteiger charge is -2.25. The number of benzene rings is 9. The summed E-state index contributed by atoms with van der Waals surface area (Å²) in [6.07, 6.45) is 6.69. The molecular weight excluding hydrogens is 853 g/mol. The summed E-state index contributed by atoms with van der Waals surface area (Å²) < 4.78 is 9.55. The molecule has 0 spiro atoms. The number of hydrogen-bond donors (Lipinski definition) is 1. The van der Waals surface area contributed by atoms with Crippen molar-refractivity contribution >= 4 is 93.0 Å². The summed E-state index contributed by atoms with van der Waals surface area (Å²) in [4.78, 5) is 5.48. The summed E-state index contributed by atoms with van der Waals surface area (Å²) in [5.41, 5.74) is 14.7. The zero-order valence-electron chi connectivity index (χ0n) is 37.9. The van der Waals surface area contributed by atoms with E-state index in [-0.39, 0.29) is 6.04 Å². The van der Waals surface area contributed by atoms with Crippen LogP contribution < -0.4 is 5.32 Å². The molecule has 70 heavy (non-hydrogen) atoms. The minimum Gasteiger partial charge on any atom is -0.361 e. The highest BCUT2D eigenvalue weighted by Gasteiger charge is 2.24. The number of aromatic nitrogens is 5. The van der Waals surface area contributed by atoms with Crippen LogP contribution in [0.5, 0.6) is 0 Å². The zero-order valence-corrected chi connectivity index (χ0v) is 37.9. The fourth-order valence-corrected chi connectivity index (χ4v) is 11.6. The molecule has 0 bridgehead atoms. The molecule has 5 aromatic heterocycles. The van der Waals surface area contributed by atoms with Gasteiger partial charge in [-0.15, -0.1) is 0 Å². The summed E-state index contributed by atoms with van der Waals surface area (Å²) in [5, 5.41) is 13.8. The van der Waals surface area contributed by atoms with E-state index in [9.17, 15) is 0 Å². The zero-order chi connectivity index (χ0) is 45.9. The Morgan fingerprint density at radius 3 is 1.49 bits per heavy atom. The van der Waals surface area contributed by atoms with Crippen molar-refractivity contribution in [2.45, 2.75) is 6.04 Å². The van der Waals surface area contributed by atoms with Crippen molar-refractivity contribution in [2.24, 2.45) is 0 Å². The lowest BCUT2D eigenvalue weighted by molar-refractivity contribution is 0.736. The lowest BCUT2D eigenvalue weighted by atomic mass is 10.0. The molecular formula is C64H42N6. The first-order valence-electron chi connectivity index (χ1n) is 24.0. The van der Waals surface area contributed by atoms with Gasteiger partial charge in [-0.2, -0.15) is 0 Å². The summed E-state index contributed by atoms with van der Waals surface area (Å²) >= 11 is 0. The van der Waals surface area contributed by atoms with Crippen LogP contribution in [0.15, 0.2) is 243 Å². The highest BCUT2D eigenvalue weighted by atomic mass is 15.2. The molecule has 1 N–H and O–H groups in total. The quantitative estimate of drug-likeness (QED) is 0.181. The molecule has 6 heteroatoms. The van der Waals surface area contributed by atoms with Gasteiger partial charge in [0.05, 0.1) is 55.9 Å². The third-order valence-electron chi connectivity index (χ3n) is 14.6. The van der Waals surface area contributed by atoms with Gasteiger partial charge in [-0.3, -0.25) is 9.13 Å². The topological polar surface area (TPSA) is 44.6 Å². The number of hydrogen-bond acceptors (Lipinski definition) is 2. The molecule has 1 unspecified atom stereocenters. The van der Waals surface area contributed by atoms with Gasteiger partial charge in [-0.1, -0.05) is 158 Å². The van der Waals surface area contributed by atoms with Crippen molar-refractivity contribution < 1.29 is 0 Å². The van der Waals surface area contributed by atoms with E-state index in [1.165, 1.54) is 70.7 Å². The Kier molecular flexibility index (Phi) is 8.32. The van der Waals surface area contributed by atoms with Gasteiger partial charge in [-0.25, -0.2) is 4.98 Å². The van der Waals surface area contributed by atoms with Crippen LogP contribution in [0.4, 0.5) is 0 Å². The summed E-state index contributed by atoms with van der Waals surface area (Å²) in [6.45, 7) is 0. The third-order valence-corrected chi connectivity index (χ3v) is 14.6. The Morgan fingerprint density at radius 1 is 0.371 bits per heavy atom. The van der Waals surface area contributed by atoms with Crippen LogP contribution in [-0.2, 0) is 0 Å². The molecule has 1 aliphatic heterocycles. The van der Waals surface area contributed by atoms with Gasteiger partial charge in [0.2, 0.25) is 0 Å². The number of nitrogens with one attached hydrogen (secondary N) is 1. The minimum absolute atomic E-state index is 0.0646. The molecule has 6 heterocycles. The van der Waals surface area contributed by atoms with Gasteiger partial charge in [0, 0.05) is 60.0 Å². The Labute approximate surface area is 402 Å². The fraction of sp³-hybridized carbons (Fsp3) is 0.0156. The SMILES string of the molecule is C1=CC(c2cccc(-n3c4ccccc4c4ccccc43)c2)NC(n2c3ccccc3c3ccc4c(c5ccccc5n4-c4cccc(-c5cccc(-n6c7ccccc7c7ccccc76)c5)n4)c32)=C1. The van der Waals surface area contributed by atoms with E-state index in [0.29, 0.717) is 0 Å². The molecule has 0 radical (unpaired) electrons. The number of fused-ring (bicyclic) bond motifs is 13. The monoisotopic (exact) mass is 894 g/mol. The standard InChI is InChI=1S/C64H42N6/c1-7-29-54-45(21-1)46-22-2-8-30-55(46)67(54)43-19-13-17-41(39-43)52-27-15-35-61(65-52)69-59-34-12-6-26-51(59)63-60(69)38-37-50-49-25-5-11-33-58(49)70(64(50)63)62-36-16-28-53(66-62)42-18-14-20-44(40-42)68-56-31-9-3-23-47(56)48-24-4-10-32-57(48)68/h1-40,53,66H. The number of pyridine rings is 1. The normalized spacial score (nSPS) is 14.0. The van der Waals surface area contributed by atoms with Crippen molar-refractivity contribution in [2.75, 3.05) is 0 Å². The summed E-state index contributed by atoms with van der Waals surface area (Å²) in [6, 6.07) is 81.0. The van der Waals surface area contributed by atoms with Crippen LogP contribution in [0, 0.1) is 0 Å². The molecule has 0 saturated heterocycles. The molecule has 0 aliphatic carbocycles. The molecule has 0 amide bonds. The second-order valence-electron chi connectivity index (χ2n) is 18.4. The van der Waals surface area contributed by atoms with E-state index < -0.39 is 0 Å². The number of dihydropyridines is 1. The van der Waals surface area contributed by atoms with E-state index in [4.69, 9.17) is 4.98 Å². The molecule has 15 rings (SSSR count). The number of para-hydroxylation sites is 6. The van der Waals surface area contributed by atoms with E-state index in [1.54, 1.807) is 0 Å². The van der Waals surface area contributed by atoms with Crippen molar-refractivity contribution in [3.05, 3.63) is 248 Å². The summed E-state index contributed by atoms with van der Waals surface area (Å²) in [5.74, 6) is 1.89. The van der Waals surface area contributed by atoms with Crippen molar-refractivity contribution in [3.8, 4) is 28.5 Å². The first kappa shape index (κ1) is 38.7. The Bertz CT molecular complexity index is 4430. The highest BCUT2D eigenvalue weighted by molar-refractivity contribution is 6.26. The molecule has 328 valence electrons. The first-order valence-corrected chi connectivity index (χ1v) is 24.0. The van der Waals surface area contributed by atoms with E-state index in [0.717, 1.165) is 56.3 Å². The molecule has 14 aromatic rings. The van der Waals surface area contributed by atoms with Crippen molar-refractivity contribution in [1.29, 1.82) is 0 Å².